The Morgan fingerprint density at radius 3 is 2.78 bits per heavy atom. The van der Waals surface area contributed by atoms with Crippen molar-refractivity contribution in [3.63, 3.8) is 0 Å². The number of nitro groups is 1. The summed E-state index contributed by atoms with van der Waals surface area (Å²) in [5, 5.41) is 14.4. The molecule has 0 saturated carbocycles. The van der Waals surface area contributed by atoms with E-state index in [-0.39, 0.29) is 11.4 Å². The first-order valence-corrected chi connectivity index (χ1v) is 8.77. The zero-order valence-corrected chi connectivity index (χ0v) is 14.0. The van der Waals surface area contributed by atoms with Gasteiger partial charge in [0, 0.05) is 19.7 Å². The van der Waals surface area contributed by atoms with Crippen molar-refractivity contribution in [2.75, 3.05) is 26.8 Å². The minimum Gasteiger partial charge on any atom is -0.383 e. The normalized spacial score (nSPS) is 21.5. The van der Waals surface area contributed by atoms with E-state index in [0.29, 0.717) is 12.2 Å². The molecule has 2 N–H and O–H groups in total. The number of aryl methyl sites for hydroxylation is 1. The zero-order valence-electron chi connectivity index (χ0n) is 13.2. The van der Waals surface area contributed by atoms with E-state index in [4.69, 9.17) is 4.74 Å². The Kier molecular flexibility index (Phi) is 5.35. The highest BCUT2D eigenvalue weighted by Gasteiger charge is 2.36. The number of ether oxygens (including phenoxy) is 1. The first kappa shape index (κ1) is 17.8. The first-order valence-electron chi connectivity index (χ1n) is 7.29. The van der Waals surface area contributed by atoms with Gasteiger partial charge in [0.15, 0.2) is 4.90 Å². The van der Waals surface area contributed by atoms with Crippen LogP contribution in [0.3, 0.4) is 0 Å². The van der Waals surface area contributed by atoms with E-state index in [9.17, 15) is 18.5 Å². The highest BCUT2D eigenvalue weighted by molar-refractivity contribution is 7.89. The van der Waals surface area contributed by atoms with Crippen LogP contribution in [0.2, 0.25) is 0 Å². The van der Waals surface area contributed by atoms with Crippen LogP contribution >= 0.6 is 0 Å². The van der Waals surface area contributed by atoms with E-state index < -0.39 is 26.2 Å². The quantitative estimate of drug-likeness (QED) is 0.563. The maximum Gasteiger partial charge on any atom is 0.289 e. The van der Waals surface area contributed by atoms with Crippen LogP contribution in [-0.4, -0.2) is 45.7 Å². The second-order valence-electron chi connectivity index (χ2n) is 5.75. The van der Waals surface area contributed by atoms with Crippen molar-refractivity contribution in [2.45, 2.75) is 30.2 Å². The molecule has 1 unspecified atom stereocenters. The molecule has 0 amide bonds. The van der Waals surface area contributed by atoms with Gasteiger partial charge in [-0.15, -0.1) is 0 Å². The number of nitro benzene ring substituents is 1. The molecular formula is C14H21N3O5S. The number of hydrogen-bond acceptors (Lipinski definition) is 6. The number of sulfonamides is 1. The summed E-state index contributed by atoms with van der Waals surface area (Å²) in [5.74, 6) is 0. The van der Waals surface area contributed by atoms with Gasteiger partial charge in [0.1, 0.15) is 0 Å². The lowest BCUT2D eigenvalue weighted by molar-refractivity contribution is -0.387. The van der Waals surface area contributed by atoms with Crippen LogP contribution in [0.25, 0.3) is 0 Å². The van der Waals surface area contributed by atoms with E-state index in [1.165, 1.54) is 12.1 Å². The van der Waals surface area contributed by atoms with Gasteiger partial charge in [-0.3, -0.25) is 10.1 Å². The molecule has 2 rings (SSSR count). The van der Waals surface area contributed by atoms with Gasteiger partial charge < -0.3 is 10.1 Å². The Morgan fingerprint density at radius 1 is 1.48 bits per heavy atom. The summed E-state index contributed by atoms with van der Waals surface area (Å²) >= 11 is 0. The summed E-state index contributed by atoms with van der Waals surface area (Å²) in [5.41, 5.74) is -0.552. The van der Waals surface area contributed by atoms with Crippen LogP contribution in [0.5, 0.6) is 0 Å². The Morgan fingerprint density at radius 2 is 2.22 bits per heavy atom. The molecule has 1 aromatic carbocycles. The average molecular weight is 343 g/mol. The highest BCUT2D eigenvalue weighted by Crippen LogP contribution is 2.27. The maximum absolute atomic E-state index is 12.6. The molecule has 1 atom stereocenters. The summed E-state index contributed by atoms with van der Waals surface area (Å²) in [6, 6.07) is 4.21. The van der Waals surface area contributed by atoms with Crippen molar-refractivity contribution >= 4 is 15.7 Å². The molecule has 0 aliphatic carbocycles. The largest absolute Gasteiger partial charge is 0.383 e. The fourth-order valence-electron chi connectivity index (χ4n) is 2.91. The lowest BCUT2D eigenvalue weighted by Gasteiger charge is -2.28. The Balaban J connectivity index is 2.28. The predicted molar refractivity (Wildman–Crippen MR) is 84.9 cm³/mol. The minimum absolute atomic E-state index is 0.120. The van der Waals surface area contributed by atoms with Crippen LogP contribution in [0, 0.1) is 17.0 Å². The van der Waals surface area contributed by atoms with Gasteiger partial charge in [0.05, 0.1) is 17.1 Å². The van der Waals surface area contributed by atoms with E-state index in [1.54, 1.807) is 20.1 Å². The zero-order chi connectivity index (χ0) is 17.1. The molecular weight excluding hydrogens is 322 g/mol. The van der Waals surface area contributed by atoms with Crippen molar-refractivity contribution in [3.8, 4) is 0 Å². The molecule has 23 heavy (non-hydrogen) atoms. The Bertz CT molecular complexity index is 684. The summed E-state index contributed by atoms with van der Waals surface area (Å²) < 4.78 is 32.9. The average Bonchev–Trinajstić information content (AvgIpc) is 2.94. The third kappa shape index (κ3) is 3.86. The van der Waals surface area contributed by atoms with Crippen molar-refractivity contribution in [1.29, 1.82) is 0 Å². The maximum atomic E-state index is 12.6. The molecule has 1 aliphatic heterocycles. The molecule has 1 fully saturated rings. The lowest BCUT2D eigenvalue weighted by atomic mass is 9.99. The Labute approximate surface area is 135 Å². The molecule has 128 valence electrons. The van der Waals surface area contributed by atoms with Crippen LogP contribution in [0.1, 0.15) is 18.4 Å². The van der Waals surface area contributed by atoms with Gasteiger partial charge in [-0.1, -0.05) is 12.1 Å². The van der Waals surface area contributed by atoms with Crippen molar-refractivity contribution in [2.24, 2.45) is 0 Å². The summed E-state index contributed by atoms with van der Waals surface area (Å²) in [4.78, 5) is 10.2. The monoisotopic (exact) mass is 343 g/mol. The topological polar surface area (TPSA) is 111 Å². The Hall–Kier alpha value is -1.55. The van der Waals surface area contributed by atoms with Gasteiger partial charge in [0.25, 0.3) is 5.69 Å². The second kappa shape index (κ2) is 6.91. The predicted octanol–water partition coefficient (Wildman–Crippen LogP) is 0.950. The summed E-state index contributed by atoms with van der Waals surface area (Å²) in [6.07, 6.45) is 1.70. The highest BCUT2D eigenvalue weighted by atomic mass is 32.2. The number of rotatable bonds is 7. The van der Waals surface area contributed by atoms with Crippen LogP contribution in [-0.2, 0) is 14.8 Å². The third-order valence-corrected chi connectivity index (χ3v) is 5.60. The van der Waals surface area contributed by atoms with Crippen LogP contribution in [0.4, 0.5) is 5.69 Å². The molecule has 8 nitrogen and oxygen atoms in total. The van der Waals surface area contributed by atoms with Gasteiger partial charge in [-0.05, 0) is 31.9 Å². The summed E-state index contributed by atoms with van der Waals surface area (Å²) in [6.45, 7) is 2.82. The molecule has 1 aliphatic rings. The van der Waals surface area contributed by atoms with Crippen molar-refractivity contribution in [3.05, 3.63) is 33.9 Å². The number of nitrogens with zero attached hydrogens (tertiary/aromatic N) is 1. The molecule has 0 radical (unpaired) electrons. The number of hydrogen-bond donors (Lipinski definition) is 2. The van der Waals surface area contributed by atoms with E-state index in [0.717, 1.165) is 19.4 Å². The van der Waals surface area contributed by atoms with Crippen molar-refractivity contribution in [1.82, 2.24) is 10.0 Å². The summed E-state index contributed by atoms with van der Waals surface area (Å²) in [7, 11) is -2.44. The van der Waals surface area contributed by atoms with Crippen LogP contribution in [0.15, 0.2) is 23.1 Å². The second-order valence-corrected chi connectivity index (χ2v) is 7.45. The molecule has 1 heterocycles. The van der Waals surface area contributed by atoms with Gasteiger partial charge in [-0.25, -0.2) is 13.1 Å². The SMILES string of the molecule is COCC1(CNS(=O)(=O)c2c(C)cccc2[N+](=O)[O-])CCCN1. The molecule has 9 heteroatoms. The van der Waals surface area contributed by atoms with Crippen LogP contribution < -0.4 is 10.0 Å². The van der Waals surface area contributed by atoms with Gasteiger partial charge in [-0.2, -0.15) is 0 Å². The lowest BCUT2D eigenvalue weighted by Crippen LogP contribution is -2.53. The third-order valence-electron chi connectivity index (χ3n) is 4.01. The number of benzene rings is 1. The van der Waals surface area contributed by atoms with E-state index in [1.807, 2.05) is 0 Å². The molecule has 0 bridgehead atoms. The van der Waals surface area contributed by atoms with E-state index >= 15 is 0 Å². The van der Waals surface area contributed by atoms with E-state index in [2.05, 4.69) is 10.0 Å². The standard InChI is InChI=1S/C14H21N3O5S/c1-11-5-3-6-12(17(18)19)13(11)23(20,21)16-9-14(10-22-2)7-4-8-15-14/h3,5-6,15-16H,4,7-10H2,1-2H3. The number of nitrogens with one attached hydrogen (secondary N) is 2. The van der Waals surface area contributed by atoms with Gasteiger partial charge in [0.2, 0.25) is 10.0 Å². The fraction of sp³-hybridized carbons (Fsp3) is 0.571. The molecule has 1 aromatic rings. The fourth-order valence-corrected chi connectivity index (χ4v) is 4.43. The molecule has 0 aromatic heterocycles. The van der Waals surface area contributed by atoms with Gasteiger partial charge >= 0.3 is 0 Å². The number of methoxy groups -OCH3 is 1. The molecule has 0 spiro atoms. The first-order chi connectivity index (χ1) is 10.8. The minimum atomic E-state index is -4.00. The molecule has 1 saturated heterocycles. The van der Waals surface area contributed by atoms with Crippen molar-refractivity contribution < 1.29 is 18.1 Å². The smallest absolute Gasteiger partial charge is 0.289 e.